The number of carbonyl (C=O) groups is 1. The molecular weight excluding hydrogens is 458 g/mol. The van der Waals surface area contributed by atoms with Gasteiger partial charge in [0.25, 0.3) is 0 Å². The summed E-state index contributed by atoms with van der Waals surface area (Å²) >= 11 is 0. The molecule has 0 bridgehead atoms. The third-order valence-corrected chi connectivity index (χ3v) is 6.50. The van der Waals surface area contributed by atoms with Crippen molar-refractivity contribution in [3.63, 3.8) is 0 Å². The van der Waals surface area contributed by atoms with Crippen molar-refractivity contribution in [3.05, 3.63) is 59.7 Å². The molecule has 0 aliphatic heterocycles. The fourth-order valence-corrected chi connectivity index (χ4v) is 4.52. The van der Waals surface area contributed by atoms with Crippen molar-refractivity contribution in [1.29, 1.82) is 5.26 Å². The first kappa shape index (κ1) is 23.9. The third kappa shape index (κ3) is 4.73. The molecule has 3 aromatic heterocycles. The molecule has 9 nitrogen and oxygen atoms in total. The van der Waals surface area contributed by atoms with Gasteiger partial charge in [-0.2, -0.15) is 18.1 Å². The summed E-state index contributed by atoms with van der Waals surface area (Å²) in [5.74, 6) is -2.45. The first-order chi connectivity index (χ1) is 15.4. The summed E-state index contributed by atoms with van der Waals surface area (Å²) < 4.78 is 62.1. The van der Waals surface area contributed by atoms with Gasteiger partial charge in [0.1, 0.15) is 11.8 Å². The van der Waals surface area contributed by atoms with Gasteiger partial charge in [-0.15, -0.1) is 0 Å². The Morgan fingerprint density at radius 1 is 1.33 bits per heavy atom. The van der Waals surface area contributed by atoms with E-state index in [2.05, 4.69) is 10.3 Å². The average molecular weight is 478 g/mol. The summed E-state index contributed by atoms with van der Waals surface area (Å²) in [6.07, 6.45) is 0.516. The van der Waals surface area contributed by atoms with Crippen LogP contribution in [0, 0.1) is 28.5 Å². The minimum atomic E-state index is -4.59. The van der Waals surface area contributed by atoms with Gasteiger partial charge >= 0.3 is 16.1 Å². The van der Waals surface area contributed by atoms with Gasteiger partial charge in [-0.05, 0) is 36.1 Å². The molecule has 1 atom stereocenters. The van der Waals surface area contributed by atoms with Crippen molar-refractivity contribution in [2.45, 2.75) is 38.3 Å². The number of aromatic nitrogens is 2. The smallest absolute Gasteiger partial charge is 0.404 e. The quantitative estimate of drug-likeness (QED) is 0.515. The van der Waals surface area contributed by atoms with Gasteiger partial charge in [-0.1, -0.05) is 20.8 Å². The number of carboxylic acid groups (broad SMARTS) is 1. The maximum Gasteiger partial charge on any atom is 0.404 e. The fraction of sp³-hybridized carbons (Fsp3) is 0.286. The van der Waals surface area contributed by atoms with Gasteiger partial charge in [0.2, 0.25) is 16.8 Å². The van der Waals surface area contributed by atoms with Crippen molar-refractivity contribution in [1.82, 2.24) is 14.3 Å². The van der Waals surface area contributed by atoms with Gasteiger partial charge in [-0.25, -0.2) is 18.1 Å². The van der Waals surface area contributed by atoms with Crippen LogP contribution < -0.4 is 5.32 Å². The fourth-order valence-electron chi connectivity index (χ4n) is 3.20. The molecule has 0 saturated heterocycles. The van der Waals surface area contributed by atoms with Crippen molar-refractivity contribution in [2.75, 3.05) is 0 Å². The number of nitrogens with zero attached hydrogens (tertiary/aromatic N) is 3. The van der Waals surface area contributed by atoms with E-state index >= 15 is 4.39 Å². The van der Waals surface area contributed by atoms with Crippen molar-refractivity contribution < 1.29 is 31.5 Å². The second-order valence-electron chi connectivity index (χ2n) is 8.26. The van der Waals surface area contributed by atoms with E-state index in [1.54, 1.807) is 26.8 Å². The highest BCUT2D eigenvalue weighted by molar-refractivity contribution is 7.89. The maximum absolute atomic E-state index is 15.6. The van der Waals surface area contributed by atoms with Crippen LogP contribution in [-0.2, 0) is 16.4 Å². The van der Waals surface area contributed by atoms with Crippen molar-refractivity contribution in [2.24, 2.45) is 5.41 Å². The van der Waals surface area contributed by atoms with E-state index in [0.717, 1.165) is 30.6 Å². The van der Waals surface area contributed by atoms with E-state index in [-0.39, 0.29) is 17.7 Å². The van der Waals surface area contributed by atoms with Crippen LogP contribution in [0.5, 0.6) is 0 Å². The average Bonchev–Trinajstić information content (AvgIpc) is 3.33. The monoisotopic (exact) mass is 478 g/mol. The minimum absolute atomic E-state index is 0.169. The zero-order valence-electron chi connectivity index (χ0n) is 17.8. The first-order valence-electron chi connectivity index (χ1n) is 9.62. The van der Waals surface area contributed by atoms with Crippen LogP contribution >= 0.6 is 0 Å². The Bertz CT molecular complexity index is 1350. The topological polar surface area (TPSA) is 138 Å². The van der Waals surface area contributed by atoms with Crippen molar-refractivity contribution >= 4 is 16.1 Å². The molecule has 3 aromatic rings. The molecule has 33 heavy (non-hydrogen) atoms. The lowest BCUT2D eigenvalue weighted by atomic mass is 9.83. The summed E-state index contributed by atoms with van der Waals surface area (Å²) in [7, 11) is -4.59. The number of rotatable bonds is 6. The SMILES string of the molecule is CC(C)(C)C(Cc1cn(S(=O)(=O)c2ccc(C#N)o2)c(-c2cccnc2F)c1F)NC(=O)O. The molecule has 0 radical (unpaired) electrons. The van der Waals surface area contributed by atoms with Gasteiger partial charge in [0.15, 0.2) is 5.82 Å². The van der Waals surface area contributed by atoms with Crippen LogP contribution in [0.4, 0.5) is 13.6 Å². The molecule has 0 fully saturated rings. The number of nitrogens with one attached hydrogen (secondary N) is 1. The predicted molar refractivity (Wildman–Crippen MR) is 112 cm³/mol. The molecule has 3 rings (SSSR count). The van der Waals surface area contributed by atoms with Gasteiger partial charge in [0.05, 0.1) is 5.56 Å². The third-order valence-electron chi connectivity index (χ3n) is 4.97. The molecule has 174 valence electrons. The van der Waals surface area contributed by atoms with E-state index in [4.69, 9.17) is 14.8 Å². The predicted octanol–water partition coefficient (Wildman–Crippen LogP) is 3.75. The van der Waals surface area contributed by atoms with E-state index in [0.29, 0.717) is 3.97 Å². The van der Waals surface area contributed by atoms with Gasteiger partial charge < -0.3 is 14.8 Å². The minimum Gasteiger partial charge on any atom is -0.465 e. The van der Waals surface area contributed by atoms with E-state index in [9.17, 15) is 17.6 Å². The van der Waals surface area contributed by atoms with E-state index in [1.807, 2.05) is 0 Å². The molecule has 0 spiro atoms. The van der Waals surface area contributed by atoms with Crippen LogP contribution in [-0.4, -0.2) is 34.6 Å². The van der Waals surface area contributed by atoms with Crippen molar-refractivity contribution in [3.8, 4) is 17.3 Å². The van der Waals surface area contributed by atoms with E-state index in [1.165, 1.54) is 6.07 Å². The Balaban J connectivity index is 2.24. The molecule has 12 heteroatoms. The largest absolute Gasteiger partial charge is 0.465 e. The molecular formula is C21H20F2N4O5S. The number of pyridine rings is 1. The summed E-state index contributed by atoms with van der Waals surface area (Å²) in [6, 6.07) is 5.48. The summed E-state index contributed by atoms with van der Waals surface area (Å²) in [4.78, 5) is 14.7. The van der Waals surface area contributed by atoms with Crippen LogP contribution in [0.1, 0.15) is 32.1 Å². The lowest BCUT2D eigenvalue weighted by molar-refractivity contribution is 0.174. The summed E-state index contributed by atoms with van der Waals surface area (Å²) in [5.41, 5.74) is -1.88. The second kappa shape index (κ2) is 8.67. The summed E-state index contributed by atoms with van der Waals surface area (Å²) in [5, 5.41) is 19.8. The van der Waals surface area contributed by atoms with Crippen LogP contribution in [0.3, 0.4) is 0 Å². The number of hydrogen-bond donors (Lipinski definition) is 2. The van der Waals surface area contributed by atoms with Gasteiger partial charge in [0, 0.05) is 24.0 Å². The van der Waals surface area contributed by atoms with Crippen LogP contribution in [0.2, 0.25) is 0 Å². The lowest BCUT2D eigenvalue weighted by Gasteiger charge is -2.30. The standard InChI is InChI=1S/C21H20F2N4O5S/c1-21(2,3)15(26-20(28)29)9-12-11-27(33(30,31)16-7-6-13(10-24)32-16)18(17(12)22)14-5-4-8-25-19(14)23/h4-8,11,15,26H,9H2,1-3H3,(H,28,29). The number of nitriles is 1. The summed E-state index contributed by atoms with van der Waals surface area (Å²) in [6.45, 7) is 5.19. The molecule has 0 aliphatic rings. The zero-order chi connectivity index (χ0) is 24.6. The number of furan rings is 1. The molecule has 3 heterocycles. The molecule has 0 aliphatic carbocycles. The molecule has 0 saturated carbocycles. The molecule has 2 N–H and O–H groups in total. The first-order valence-corrected chi connectivity index (χ1v) is 11.1. The molecule has 1 amide bonds. The van der Waals surface area contributed by atoms with Crippen LogP contribution in [0.25, 0.3) is 11.3 Å². The van der Waals surface area contributed by atoms with E-state index < -0.39 is 55.7 Å². The number of halogens is 2. The highest BCUT2D eigenvalue weighted by Crippen LogP contribution is 2.34. The Labute approximate surface area is 188 Å². The molecule has 0 aromatic carbocycles. The Morgan fingerprint density at radius 3 is 2.58 bits per heavy atom. The lowest BCUT2D eigenvalue weighted by Crippen LogP contribution is -2.44. The Morgan fingerprint density at radius 2 is 2.03 bits per heavy atom. The Kier molecular flexibility index (Phi) is 6.29. The zero-order valence-corrected chi connectivity index (χ0v) is 18.7. The van der Waals surface area contributed by atoms with Gasteiger partial charge in [-0.3, -0.25) is 0 Å². The number of hydrogen-bond acceptors (Lipinski definition) is 6. The highest BCUT2D eigenvalue weighted by atomic mass is 32.2. The maximum atomic E-state index is 15.6. The number of amides is 1. The Hall–Kier alpha value is -3.72. The second-order valence-corrected chi connectivity index (χ2v) is 10.0. The van der Waals surface area contributed by atoms with Crippen LogP contribution in [0.15, 0.2) is 46.2 Å². The normalized spacial score (nSPS) is 12.8. The molecule has 1 unspecified atom stereocenters. The highest BCUT2D eigenvalue weighted by Gasteiger charge is 2.33.